The highest BCUT2D eigenvalue weighted by molar-refractivity contribution is 7.10. The lowest BCUT2D eigenvalue weighted by Gasteiger charge is -2.03. The van der Waals surface area contributed by atoms with E-state index in [1.165, 1.54) is 29.7 Å². The van der Waals surface area contributed by atoms with Crippen LogP contribution in [0, 0.1) is 0 Å². The first-order valence-corrected chi connectivity index (χ1v) is 6.82. The Morgan fingerprint density at radius 1 is 1.45 bits per heavy atom. The lowest BCUT2D eigenvalue weighted by atomic mass is 10.2. The molecule has 2 heterocycles. The number of halogens is 1. The Morgan fingerprint density at radius 3 is 2.90 bits per heavy atom. The van der Waals surface area contributed by atoms with E-state index in [2.05, 4.69) is 5.32 Å². The highest BCUT2D eigenvalue weighted by Crippen LogP contribution is 2.20. The maximum atomic E-state index is 11.8. The van der Waals surface area contributed by atoms with Gasteiger partial charge in [-0.2, -0.15) is 0 Å². The fraction of sp³-hybridized carbons (Fsp3) is 0.0769. The third kappa shape index (κ3) is 3.49. The van der Waals surface area contributed by atoms with Crippen LogP contribution >= 0.6 is 22.9 Å². The second kappa shape index (κ2) is 6.40. The van der Waals surface area contributed by atoms with E-state index in [1.54, 1.807) is 6.07 Å². The van der Waals surface area contributed by atoms with Crippen molar-refractivity contribution in [3.8, 4) is 0 Å². The van der Waals surface area contributed by atoms with Crippen molar-refractivity contribution in [2.24, 2.45) is 0 Å². The molecule has 0 saturated carbocycles. The van der Waals surface area contributed by atoms with Crippen molar-refractivity contribution in [1.82, 2.24) is 5.32 Å². The number of carbonyl (C=O) groups is 2. The summed E-state index contributed by atoms with van der Waals surface area (Å²) in [6.45, 7) is 0.289. The monoisotopic (exact) mass is 311 g/mol. The van der Waals surface area contributed by atoms with Crippen LogP contribution in [0.5, 0.6) is 0 Å². The number of hydrogen-bond acceptors (Lipinski definition) is 4. The number of carbonyl (C=O) groups excluding carboxylic acids is 1. The van der Waals surface area contributed by atoms with E-state index < -0.39 is 5.97 Å². The molecule has 0 unspecified atom stereocenters. The molecule has 0 saturated heterocycles. The van der Waals surface area contributed by atoms with Crippen LogP contribution in [0.25, 0.3) is 6.08 Å². The SMILES string of the molecule is O=C(O)/C=C/c1ccsc1CNC(=O)c1ccoc1Cl. The van der Waals surface area contributed by atoms with Crippen LogP contribution in [-0.4, -0.2) is 17.0 Å². The van der Waals surface area contributed by atoms with Crippen LogP contribution in [0.1, 0.15) is 20.8 Å². The largest absolute Gasteiger partial charge is 0.478 e. The van der Waals surface area contributed by atoms with Crippen LogP contribution in [0.3, 0.4) is 0 Å². The highest BCUT2D eigenvalue weighted by Gasteiger charge is 2.13. The molecule has 2 N–H and O–H groups in total. The van der Waals surface area contributed by atoms with Gasteiger partial charge in [-0.05, 0) is 40.8 Å². The van der Waals surface area contributed by atoms with Crippen LogP contribution in [-0.2, 0) is 11.3 Å². The molecule has 0 aliphatic carbocycles. The number of aliphatic carboxylic acids is 1. The molecule has 0 fully saturated rings. The van der Waals surface area contributed by atoms with Gasteiger partial charge in [0.05, 0.1) is 18.4 Å². The van der Waals surface area contributed by atoms with Gasteiger partial charge in [-0.25, -0.2) is 4.79 Å². The van der Waals surface area contributed by atoms with Gasteiger partial charge in [0.15, 0.2) is 0 Å². The molecule has 2 aromatic rings. The fourth-order valence-corrected chi connectivity index (χ4v) is 2.52. The summed E-state index contributed by atoms with van der Waals surface area (Å²) >= 11 is 7.14. The molecule has 0 aliphatic rings. The summed E-state index contributed by atoms with van der Waals surface area (Å²) in [5.74, 6) is -1.36. The molecule has 20 heavy (non-hydrogen) atoms. The normalized spacial score (nSPS) is 10.8. The molecule has 104 valence electrons. The lowest BCUT2D eigenvalue weighted by Crippen LogP contribution is -2.22. The van der Waals surface area contributed by atoms with Crippen molar-refractivity contribution in [2.75, 3.05) is 0 Å². The summed E-state index contributed by atoms with van der Waals surface area (Å²) in [5.41, 5.74) is 1.03. The Kier molecular flexibility index (Phi) is 4.60. The average molecular weight is 312 g/mol. The second-order valence-corrected chi connectivity index (χ2v) is 5.11. The van der Waals surface area contributed by atoms with Crippen LogP contribution in [0.4, 0.5) is 0 Å². The number of amides is 1. The summed E-state index contributed by atoms with van der Waals surface area (Å²) in [6, 6.07) is 3.27. The van der Waals surface area contributed by atoms with Crippen molar-refractivity contribution < 1.29 is 19.1 Å². The molecule has 5 nitrogen and oxygen atoms in total. The van der Waals surface area contributed by atoms with E-state index >= 15 is 0 Å². The average Bonchev–Trinajstić information content (AvgIpc) is 3.02. The summed E-state index contributed by atoms with van der Waals surface area (Å²) in [5, 5.41) is 13.2. The molecule has 0 aromatic carbocycles. The quantitative estimate of drug-likeness (QED) is 0.832. The van der Waals surface area contributed by atoms with Gasteiger partial charge in [0.1, 0.15) is 0 Å². The van der Waals surface area contributed by atoms with Gasteiger partial charge in [-0.1, -0.05) is 0 Å². The topological polar surface area (TPSA) is 79.5 Å². The number of furan rings is 1. The predicted octanol–water partition coefficient (Wildman–Crippen LogP) is 3.02. The summed E-state index contributed by atoms with van der Waals surface area (Å²) in [7, 11) is 0. The number of hydrogen-bond donors (Lipinski definition) is 2. The molecule has 0 bridgehead atoms. The van der Waals surface area contributed by atoms with Crippen LogP contribution in [0.2, 0.25) is 5.22 Å². The summed E-state index contributed by atoms with van der Waals surface area (Å²) in [6.07, 6.45) is 3.88. The maximum absolute atomic E-state index is 11.8. The number of carboxylic acids is 1. The number of rotatable bonds is 5. The van der Waals surface area contributed by atoms with Gasteiger partial charge in [0, 0.05) is 11.0 Å². The minimum atomic E-state index is -1.02. The maximum Gasteiger partial charge on any atom is 0.328 e. The van der Waals surface area contributed by atoms with E-state index in [0.29, 0.717) is 0 Å². The second-order valence-electron chi connectivity index (χ2n) is 3.76. The van der Waals surface area contributed by atoms with Gasteiger partial charge in [0.2, 0.25) is 5.22 Å². The van der Waals surface area contributed by atoms with Gasteiger partial charge in [0.25, 0.3) is 5.91 Å². The molecule has 2 rings (SSSR count). The summed E-state index contributed by atoms with van der Waals surface area (Å²) in [4.78, 5) is 23.2. The van der Waals surface area contributed by atoms with Crippen molar-refractivity contribution in [1.29, 1.82) is 0 Å². The van der Waals surface area contributed by atoms with Gasteiger partial charge >= 0.3 is 5.97 Å². The van der Waals surface area contributed by atoms with Crippen molar-refractivity contribution in [3.63, 3.8) is 0 Å². The van der Waals surface area contributed by atoms with Gasteiger partial charge < -0.3 is 14.8 Å². The molecule has 0 atom stereocenters. The molecule has 0 radical (unpaired) electrons. The van der Waals surface area contributed by atoms with Gasteiger partial charge in [-0.15, -0.1) is 11.3 Å². The highest BCUT2D eigenvalue weighted by atomic mass is 35.5. The lowest BCUT2D eigenvalue weighted by molar-refractivity contribution is -0.131. The zero-order valence-electron chi connectivity index (χ0n) is 10.1. The van der Waals surface area contributed by atoms with E-state index in [-0.39, 0.29) is 23.2 Å². The van der Waals surface area contributed by atoms with Gasteiger partial charge in [-0.3, -0.25) is 4.79 Å². The van der Waals surface area contributed by atoms with Crippen LogP contribution < -0.4 is 5.32 Å². The van der Waals surface area contributed by atoms with E-state index in [9.17, 15) is 9.59 Å². The zero-order chi connectivity index (χ0) is 14.5. The predicted molar refractivity (Wildman–Crippen MR) is 75.9 cm³/mol. The van der Waals surface area contributed by atoms with Crippen LogP contribution in [0.15, 0.2) is 34.3 Å². The minimum Gasteiger partial charge on any atom is -0.478 e. The molecule has 0 aliphatic heterocycles. The third-order valence-corrected chi connectivity index (χ3v) is 3.69. The molecule has 7 heteroatoms. The molecular weight excluding hydrogens is 302 g/mol. The zero-order valence-corrected chi connectivity index (χ0v) is 11.7. The molecule has 2 aromatic heterocycles. The van der Waals surface area contributed by atoms with E-state index in [0.717, 1.165) is 16.5 Å². The first kappa shape index (κ1) is 14.4. The first-order chi connectivity index (χ1) is 9.58. The first-order valence-electron chi connectivity index (χ1n) is 5.56. The molecule has 1 amide bonds. The van der Waals surface area contributed by atoms with E-state index in [1.807, 2.05) is 5.38 Å². The van der Waals surface area contributed by atoms with E-state index in [4.69, 9.17) is 21.1 Å². The Balaban J connectivity index is 2.01. The summed E-state index contributed by atoms with van der Waals surface area (Å²) < 4.78 is 4.84. The molecule has 0 spiro atoms. The van der Waals surface area contributed by atoms with Crippen molar-refractivity contribution in [3.05, 3.63) is 51.1 Å². The smallest absolute Gasteiger partial charge is 0.328 e. The number of thiophene rings is 1. The Morgan fingerprint density at radius 2 is 2.25 bits per heavy atom. The van der Waals surface area contributed by atoms with Crippen molar-refractivity contribution in [2.45, 2.75) is 6.54 Å². The Bertz CT molecular complexity index is 659. The Labute approximate surface area is 123 Å². The molecular formula is C13H10ClNO4S. The fourth-order valence-electron chi connectivity index (χ4n) is 1.52. The number of nitrogens with one attached hydrogen (secondary N) is 1. The third-order valence-electron chi connectivity index (χ3n) is 2.46. The van der Waals surface area contributed by atoms with Crippen molar-refractivity contribution >= 4 is 40.9 Å². The Hall–Kier alpha value is -2.05. The standard InChI is InChI=1S/C13H10ClNO4S/c14-12-9(3-5-19-12)13(18)15-7-10-8(4-6-20-10)1-2-11(16)17/h1-6H,7H2,(H,15,18)(H,16,17)/b2-1+. The minimum absolute atomic E-state index is 0.0414. The number of carboxylic acid groups (broad SMARTS) is 1.